The van der Waals surface area contributed by atoms with Crippen LogP contribution in [0.25, 0.3) is 5.57 Å². The van der Waals surface area contributed by atoms with E-state index in [2.05, 4.69) is 31.8 Å². The second kappa shape index (κ2) is 6.92. The predicted octanol–water partition coefficient (Wildman–Crippen LogP) is 4.41. The number of allylic oxidation sites excluding steroid dienone is 1. The average molecular weight is 354 g/mol. The smallest absolute Gasteiger partial charge is 0.238 e. The second-order valence-electron chi connectivity index (χ2n) is 6.52. The Balaban J connectivity index is 1.95. The maximum absolute atomic E-state index is 13.1. The quantitative estimate of drug-likeness (QED) is 0.763. The minimum absolute atomic E-state index is 0.0372. The Morgan fingerprint density at radius 1 is 1.24 bits per heavy atom. The summed E-state index contributed by atoms with van der Waals surface area (Å²) < 4.78 is 5.56. The van der Waals surface area contributed by atoms with Gasteiger partial charge in [0.1, 0.15) is 5.75 Å². The van der Waals surface area contributed by atoms with Crippen LogP contribution in [0.3, 0.4) is 0 Å². The van der Waals surface area contributed by atoms with Gasteiger partial charge in [-0.3, -0.25) is 9.69 Å². The van der Waals surface area contributed by atoms with Crippen molar-refractivity contribution in [3.8, 4) is 5.75 Å². The maximum Gasteiger partial charge on any atom is 0.238 e. The molecule has 25 heavy (non-hydrogen) atoms. The van der Waals surface area contributed by atoms with E-state index < -0.39 is 5.54 Å². The van der Waals surface area contributed by atoms with Crippen molar-refractivity contribution in [3.05, 3.63) is 54.2 Å². The third kappa shape index (κ3) is 3.42. The molecule has 1 aromatic carbocycles. The lowest BCUT2D eigenvalue weighted by Gasteiger charge is -2.42. The standard InChI is InChI=1S/C20H22N2O2S/c1-14-12-20(2,3)22(19-15(14)8-7-9-16(19)24-4)18(23)13-25-17-10-5-6-11-21-17/h5-12H,13H2,1-4H3. The van der Waals surface area contributed by atoms with Crippen LogP contribution < -0.4 is 9.64 Å². The third-order valence-corrected chi connectivity index (χ3v) is 5.17. The molecule has 0 radical (unpaired) electrons. The second-order valence-corrected chi connectivity index (χ2v) is 7.52. The summed E-state index contributed by atoms with van der Waals surface area (Å²) in [4.78, 5) is 19.2. The van der Waals surface area contributed by atoms with Crippen molar-refractivity contribution in [2.75, 3.05) is 17.8 Å². The van der Waals surface area contributed by atoms with E-state index in [4.69, 9.17) is 4.74 Å². The molecule has 0 saturated carbocycles. The fourth-order valence-corrected chi connectivity index (χ4v) is 3.99. The van der Waals surface area contributed by atoms with Crippen molar-refractivity contribution >= 4 is 28.9 Å². The number of methoxy groups -OCH3 is 1. The van der Waals surface area contributed by atoms with Crippen LogP contribution in [0.2, 0.25) is 0 Å². The van der Waals surface area contributed by atoms with Crippen LogP contribution in [-0.2, 0) is 4.79 Å². The third-order valence-electron chi connectivity index (χ3n) is 4.24. The van der Waals surface area contributed by atoms with Crippen molar-refractivity contribution in [1.29, 1.82) is 0 Å². The summed E-state index contributed by atoms with van der Waals surface area (Å²) in [5.74, 6) is 1.08. The Labute approximate surface area is 152 Å². The Morgan fingerprint density at radius 2 is 2.04 bits per heavy atom. The SMILES string of the molecule is COc1cccc2c1N(C(=O)CSc1ccccn1)C(C)(C)C=C2C. The molecular formula is C20H22N2O2S. The molecule has 1 aliphatic rings. The predicted molar refractivity (Wildman–Crippen MR) is 103 cm³/mol. The molecule has 1 aliphatic heterocycles. The van der Waals surface area contributed by atoms with Crippen LogP contribution in [0.1, 0.15) is 26.3 Å². The van der Waals surface area contributed by atoms with Crippen molar-refractivity contribution in [2.45, 2.75) is 31.3 Å². The molecule has 5 heteroatoms. The zero-order valence-corrected chi connectivity index (χ0v) is 15.8. The fourth-order valence-electron chi connectivity index (χ4n) is 3.27. The summed E-state index contributed by atoms with van der Waals surface area (Å²) in [6.45, 7) is 6.18. The molecular weight excluding hydrogens is 332 g/mol. The highest BCUT2D eigenvalue weighted by Gasteiger charge is 2.37. The van der Waals surface area contributed by atoms with E-state index in [1.54, 1.807) is 13.3 Å². The van der Waals surface area contributed by atoms with Crippen molar-refractivity contribution < 1.29 is 9.53 Å². The molecule has 130 valence electrons. The Morgan fingerprint density at radius 3 is 2.72 bits per heavy atom. The van der Waals surface area contributed by atoms with Gasteiger partial charge in [0.25, 0.3) is 0 Å². The molecule has 0 saturated heterocycles. The number of para-hydroxylation sites is 1. The lowest BCUT2D eigenvalue weighted by molar-refractivity contribution is -0.116. The number of anilines is 1. The molecule has 2 heterocycles. The number of hydrogen-bond acceptors (Lipinski definition) is 4. The molecule has 1 aromatic heterocycles. The number of nitrogens with zero attached hydrogens (tertiary/aromatic N) is 2. The number of rotatable bonds is 4. The largest absolute Gasteiger partial charge is 0.495 e. The highest BCUT2D eigenvalue weighted by Crippen LogP contribution is 2.44. The molecule has 0 atom stereocenters. The molecule has 4 nitrogen and oxygen atoms in total. The number of carbonyl (C=O) groups excluding carboxylic acids is 1. The number of pyridine rings is 1. The molecule has 0 fully saturated rings. The molecule has 0 N–H and O–H groups in total. The first-order valence-corrected chi connectivity index (χ1v) is 9.16. The zero-order valence-electron chi connectivity index (χ0n) is 14.9. The topological polar surface area (TPSA) is 42.4 Å². The summed E-state index contributed by atoms with van der Waals surface area (Å²) in [5, 5.41) is 0.845. The van der Waals surface area contributed by atoms with Crippen LogP contribution in [0.15, 0.2) is 53.7 Å². The van der Waals surface area contributed by atoms with Crippen LogP contribution in [0.5, 0.6) is 5.75 Å². The first kappa shape index (κ1) is 17.5. The fraction of sp³-hybridized carbons (Fsp3) is 0.300. The zero-order chi connectivity index (χ0) is 18.0. The van der Waals surface area contributed by atoms with Crippen LogP contribution in [0.4, 0.5) is 5.69 Å². The molecule has 1 amide bonds. The van der Waals surface area contributed by atoms with Crippen LogP contribution in [-0.4, -0.2) is 29.3 Å². The summed E-state index contributed by atoms with van der Waals surface area (Å²) in [7, 11) is 1.64. The number of hydrogen-bond donors (Lipinski definition) is 0. The van der Waals surface area contributed by atoms with E-state index >= 15 is 0 Å². The minimum Gasteiger partial charge on any atom is -0.495 e. The number of amides is 1. The Hall–Kier alpha value is -2.27. The Kier molecular flexibility index (Phi) is 4.86. The number of fused-ring (bicyclic) bond motifs is 1. The molecule has 0 aliphatic carbocycles. The first-order valence-electron chi connectivity index (χ1n) is 8.18. The van der Waals surface area contributed by atoms with E-state index in [0.717, 1.165) is 21.8 Å². The molecule has 3 rings (SSSR count). The monoisotopic (exact) mass is 354 g/mol. The number of benzene rings is 1. The van der Waals surface area contributed by atoms with Crippen molar-refractivity contribution in [2.24, 2.45) is 0 Å². The average Bonchev–Trinajstić information content (AvgIpc) is 2.59. The summed E-state index contributed by atoms with van der Waals surface area (Å²) in [5.41, 5.74) is 2.62. The van der Waals surface area contributed by atoms with E-state index in [-0.39, 0.29) is 5.91 Å². The van der Waals surface area contributed by atoms with Gasteiger partial charge in [-0.1, -0.05) is 36.0 Å². The normalized spacial score (nSPS) is 15.4. The number of ether oxygens (including phenoxy) is 1. The van der Waals surface area contributed by atoms with Gasteiger partial charge in [-0.05, 0) is 44.5 Å². The maximum atomic E-state index is 13.1. The van der Waals surface area contributed by atoms with Gasteiger partial charge in [-0.25, -0.2) is 4.98 Å². The summed E-state index contributed by atoms with van der Waals surface area (Å²) >= 11 is 1.45. The van der Waals surface area contributed by atoms with Gasteiger partial charge in [-0.15, -0.1) is 0 Å². The number of aromatic nitrogens is 1. The van der Waals surface area contributed by atoms with Gasteiger partial charge in [0, 0.05) is 11.8 Å². The molecule has 0 bridgehead atoms. The van der Waals surface area contributed by atoms with E-state index in [0.29, 0.717) is 11.5 Å². The van der Waals surface area contributed by atoms with Gasteiger partial charge < -0.3 is 4.74 Å². The summed E-state index contributed by atoms with van der Waals surface area (Å²) in [6, 6.07) is 11.6. The van der Waals surface area contributed by atoms with Gasteiger partial charge in [-0.2, -0.15) is 0 Å². The van der Waals surface area contributed by atoms with Gasteiger partial charge in [0.05, 0.1) is 29.1 Å². The number of thioether (sulfide) groups is 1. The highest BCUT2D eigenvalue weighted by molar-refractivity contribution is 7.99. The van der Waals surface area contributed by atoms with Gasteiger partial charge in [0.15, 0.2) is 0 Å². The molecule has 0 unspecified atom stereocenters. The number of carbonyl (C=O) groups is 1. The lowest BCUT2D eigenvalue weighted by atomic mass is 9.88. The summed E-state index contributed by atoms with van der Waals surface area (Å²) in [6.07, 6.45) is 3.88. The van der Waals surface area contributed by atoms with Crippen molar-refractivity contribution in [1.82, 2.24) is 4.98 Å². The Bertz CT molecular complexity index is 816. The lowest BCUT2D eigenvalue weighted by Crippen LogP contribution is -2.49. The van der Waals surface area contributed by atoms with E-state index in [9.17, 15) is 4.79 Å². The van der Waals surface area contributed by atoms with Crippen LogP contribution >= 0.6 is 11.8 Å². The van der Waals surface area contributed by atoms with E-state index in [1.807, 2.05) is 41.3 Å². The molecule has 0 spiro atoms. The van der Waals surface area contributed by atoms with Crippen molar-refractivity contribution in [3.63, 3.8) is 0 Å². The molecule has 2 aromatic rings. The van der Waals surface area contributed by atoms with Gasteiger partial charge in [0.2, 0.25) is 5.91 Å². The highest BCUT2D eigenvalue weighted by atomic mass is 32.2. The first-order chi connectivity index (χ1) is 11.9. The minimum atomic E-state index is -0.423. The van der Waals surface area contributed by atoms with Crippen LogP contribution in [0, 0.1) is 0 Å². The van der Waals surface area contributed by atoms with Gasteiger partial charge >= 0.3 is 0 Å². The van der Waals surface area contributed by atoms with E-state index in [1.165, 1.54) is 11.8 Å².